The predicted octanol–water partition coefficient (Wildman–Crippen LogP) is 5.70. The monoisotopic (exact) mass is 565 g/mol. The molecule has 1 aromatic heterocycles. The lowest BCUT2D eigenvalue weighted by Gasteiger charge is -2.39. The van der Waals surface area contributed by atoms with Crippen molar-refractivity contribution in [3.05, 3.63) is 75.9 Å². The number of nitrogens with zero attached hydrogens (tertiary/aromatic N) is 4. The standard InChI is InChI=1S/C31H34F3N5O2/c1-18(40)21-14-22(15-21)28-37-36-27(38(28)3)13-19-6-4-7-23(10-19)39-17-25-24(29(39)41)11-20(12-26(25)31(32,33)34)16-35-30(2)8-5-9-30/h4,6-7,10-12,21-22,35H,5,8-9,13-17H2,1-3H3. The van der Waals surface area contributed by atoms with Crippen molar-refractivity contribution in [1.82, 2.24) is 20.1 Å². The fourth-order valence-electron chi connectivity index (χ4n) is 6.29. The van der Waals surface area contributed by atoms with Crippen molar-refractivity contribution < 1.29 is 22.8 Å². The summed E-state index contributed by atoms with van der Waals surface area (Å²) < 4.78 is 44.4. The average molecular weight is 566 g/mol. The van der Waals surface area contributed by atoms with Gasteiger partial charge in [-0.05, 0) is 86.9 Å². The van der Waals surface area contributed by atoms with Crippen LogP contribution in [0.25, 0.3) is 0 Å². The molecule has 0 saturated heterocycles. The largest absolute Gasteiger partial charge is 0.416 e. The number of aromatic nitrogens is 3. The topological polar surface area (TPSA) is 80.1 Å². The fourth-order valence-corrected chi connectivity index (χ4v) is 6.29. The lowest BCUT2D eigenvalue weighted by atomic mass is 9.72. The molecule has 2 fully saturated rings. The summed E-state index contributed by atoms with van der Waals surface area (Å²) in [4.78, 5) is 26.5. The van der Waals surface area contributed by atoms with Crippen molar-refractivity contribution in [3.8, 4) is 0 Å². The number of ketones is 1. The first kappa shape index (κ1) is 27.6. The van der Waals surface area contributed by atoms with E-state index in [-0.39, 0.29) is 47.4 Å². The Hall–Kier alpha value is -3.53. The van der Waals surface area contributed by atoms with Crippen LogP contribution in [0.15, 0.2) is 36.4 Å². The molecule has 10 heteroatoms. The van der Waals surface area contributed by atoms with E-state index in [1.54, 1.807) is 25.1 Å². The quantitative estimate of drug-likeness (QED) is 0.379. The van der Waals surface area contributed by atoms with Gasteiger partial charge in [0.25, 0.3) is 5.91 Å². The Labute approximate surface area is 237 Å². The van der Waals surface area contributed by atoms with E-state index in [1.165, 1.54) is 11.0 Å². The summed E-state index contributed by atoms with van der Waals surface area (Å²) in [6.45, 7) is 3.85. The summed E-state index contributed by atoms with van der Waals surface area (Å²) in [5.41, 5.74) is 1.21. The van der Waals surface area contributed by atoms with Gasteiger partial charge in [0, 0.05) is 48.6 Å². The van der Waals surface area contributed by atoms with Crippen molar-refractivity contribution in [2.24, 2.45) is 13.0 Å². The van der Waals surface area contributed by atoms with Gasteiger partial charge in [0.15, 0.2) is 0 Å². The normalized spacial score (nSPS) is 21.4. The van der Waals surface area contributed by atoms with E-state index in [0.29, 0.717) is 17.7 Å². The van der Waals surface area contributed by atoms with Crippen LogP contribution in [0.1, 0.15) is 96.1 Å². The van der Waals surface area contributed by atoms with Crippen LogP contribution in [-0.4, -0.2) is 32.0 Å². The van der Waals surface area contributed by atoms with E-state index >= 15 is 0 Å². The van der Waals surface area contributed by atoms with E-state index in [2.05, 4.69) is 22.4 Å². The molecule has 1 N–H and O–H groups in total. The zero-order valence-corrected chi connectivity index (χ0v) is 23.5. The number of carbonyl (C=O) groups is 2. The van der Waals surface area contributed by atoms with Crippen molar-refractivity contribution in [2.45, 2.75) is 83.1 Å². The molecule has 216 valence electrons. The minimum Gasteiger partial charge on any atom is -0.318 e. The Bertz CT molecular complexity index is 1520. The van der Waals surface area contributed by atoms with Crippen molar-refractivity contribution in [2.75, 3.05) is 4.90 Å². The predicted molar refractivity (Wildman–Crippen MR) is 147 cm³/mol. The van der Waals surface area contributed by atoms with Gasteiger partial charge in [-0.2, -0.15) is 13.2 Å². The van der Waals surface area contributed by atoms with Crippen LogP contribution in [0.5, 0.6) is 0 Å². The Morgan fingerprint density at radius 3 is 2.54 bits per heavy atom. The zero-order valence-electron chi connectivity index (χ0n) is 23.5. The Kier molecular flexibility index (Phi) is 6.79. The fraction of sp³-hybridized carbons (Fsp3) is 0.484. The highest BCUT2D eigenvalue weighted by atomic mass is 19.4. The van der Waals surface area contributed by atoms with Crippen LogP contribution in [0.2, 0.25) is 0 Å². The van der Waals surface area contributed by atoms with E-state index < -0.39 is 17.6 Å². The van der Waals surface area contributed by atoms with Gasteiger partial charge in [0.1, 0.15) is 17.4 Å². The number of fused-ring (bicyclic) bond motifs is 1. The van der Waals surface area contributed by atoms with Gasteiger partial charge in [-0.3, -0.25) is 9.59 Å². The van der Waals surface area contributed by atoms with Crippen molar-refractivity contribution in [1.29, 1.82) is 0 Å². The van der Waals surface area contributed by atoms with Gasteiger partial charge >= 0.3 is 6.18 Å². The second-order valence-corrected chi connectivity index (χ2v) is 12.2. The molecule has 2 heterocycles. The molecule has 0 atom stereocenters. The Balaban J connectivity index is 1.22. The first-order valence-corrected chi connectivity index (χ1v) is 14.2. The van der Waals surface area contributed by atoms with Gasteiger partial charge < -0.3 is 14.8 Å². The van der Waals surface area contributed by atoms with Crippen LogP contribution in [0.3, 0.4) is 0 Å². The number of halogens is 3. The minimum absolute atomic E-state index is 0.0221. The first-order chi connectivity index (χ1) is 19.4. The smallest absolute Gasteiger partial charge is 0.318 e. The molecular weight excluding hydrogens is 531 g/mol. The molecule has 3 aromatic rings. The van der Waals surface area contributed by atoms with Crippen molar-refractivity contribution >= 4 is 17.4 Å². The lowest BCUT2D eigenvalue weighted by molar-refractivity contribution is -0.138. The Morgan fingerprint density at radius 1 is 1.12 bits per heavy atom. The molecule has 3 aliphatic rings. The molecule has 0 radical (unpaired) electrons. The number of benzene rings is 2. The van der Waals surface area contributed by atoms with Crippen LogP contribution in [0.4, 0.5) is 18.9 Å². The molecule has 2 aromatic carbocycles. The van der Waals surface area contributed by atoms with Crippen LogP contribution in [0, 0.1) is 5.92 Å². The number of alkyl halides is 3. The molecule has 0 spiro atoms. The molecule has 41 heavy (non-hydrogen) atoms. The summed E-state index contributed by atoms with van der Waals surface area (Å²) >= 11 is 0. The summed E-state index contributed by atoms with van der Waals surface area (Å²) in [5.74, 6) is 1.69. The number of amides is 1. The SMILES string of the molecule is CC(=O)C1CC(c2nnc(Cc3cccc(N4Cc5c(cc(CNC6(C)CCC6)cc5C(F)(F)F)C4=O)c3)n2C)C1. The summed E-state index contributed by atoms with van der Waals surface area (Å²) in [7, 11) is 1.91. The van der Waals surface area contributed by atoms with E-state index in [1.807, 2.05) is 23.7 Å². The maximum absolute atomic E-state index is 14.1. The molecule has 0 bridgehead atoms. The van der Waals surface area contributed by atoms with Gasteiger partial charge in [-0.15, -0.1) is 10.2 Å². The molecule has 1 aliphatic heterocycles. The highest BCUT2D eigenvalue weighted by Crippen LogP contribution is 2.42. The number of anilines is 1. The molecule has 6 rings (SSSR count). The molecule has 1 amide bonds. The van der Waals surface area contributed by atoms with Gasteiger partial charge in [0.2, 0.25) is 0 Å². The summed E-state index contributed by atoms with van der Waals surface area (Å²) in [5, 5.41) is 12.1. The number of carbonyl (C=O) groups excluding carboxylic acids is 2. The number of Topliss-reactive ketones (excluding diaryl/α,β-unsaturated/α-hetero) is 1. The summed E-state index contributed by atoms with van der Waals surface area (Å²) in [6, 6.07) is 10.1. The number of hydrogen-bond acceptors (Lipinski definition) is 5. The molecule has 2 saturated carbocycles. The maximum atomic E-state index is 14.1. The molecule has 0 unspecified atom stereocenters. The maximum Gasteiger partial charge on any atom is 0.416 e. The second kappa shape index (κ2) is 10.1. The van der Waals surface area contributed by atoms with E-state index in [4.69, 9.17) is 0 Å². The third kappa shape index (κ3) is 5.18. The van der Waals surface area contributed by atoms with E-state index in [0.717, 1.165) is 49.3 Å². The number of rotatable bonds is 8. The van der Waals surface area contributed by atoms with Crippen LogP contribution < -0.4 is 10.2 Å². The highest BCUT2D eigenvalue weighted by molar-refractivity contribution is 6.10. The van der Waals surface area contributed by atoms with Crippen LogP contribution in [-0.2, 0) is 37.5 Å². The van der Waals surface area contributed by atoms with E-state index in [9.17, 15) is 22.8 Å². The average Bonchev–Trinajstić information content (AvgIpc) is 3.39. The summed E-state index contributed by atoms with van der Waals surface area (Å²) in [6.07, 6.45) is 0.544. The zero-order chi connectivity index (χ0) is 29.1. The van der Waals surface area contributed by atoms with Gasteiger partial charge in [0.05, 0.1) is 12.1 Å². The van der Waals surface area contributed by atoms with Crippen molar-refractivity contribution in [3.63, 3.8) is 0 Å². The second-order valence-electron chi connectivity index (χ2n) is 12.2. The van der Waals surface area contributed by atoms with Crippen LogP contribution >= 0.6 is 0 Å². The lowest BCUT2D eigenvalue weighted by Crippen LogP contribution is -2.47. The third-order valence-electron chi connectivity index (χ3n) is 9.24. The van der Waals surface area contributed by atoms with Gasteiger partial charge in [-0.1, -0.05) is 12.1 Å². The molecule has 2 aliphatic carbocycles. The minimum atomic E-state index is -4.56. The van der Waals surface area contributed by atoms with Gasteiger partial charge in [-0.25, -0.2) is 0 Å². The Morgan fingerprint density at radius 2 is 1.88 bits per heavy atom. The molecular formula is C31H34F3N5O2. The first-order valence-electron chi connectivity index (χ1n) is 14.2. The molecule has 7 nitrogen and oxygen atoms in total. The highest BCUT2D eigenvalue weighted by Gasteiger charge is 2.41. The number of hydrogen-bond donors (Lipinski definition) is 1. The third-order valence-corrected chi connectivity index (χ3v) is 9.24. The number of nitrogens with one attached hydrogen (secondary N) is 1.